The lowest BCUT2D eigenvalue weighted by Crippen LogP contribution is -2.14. The molecular formula is C64H87BrN24O8. The number of carboxylic acid groups (broad SMARTS) is 2. The molecule has 0 aliphatic rings. The van der Waals surface area contributed by atoms with Gasteiger partial charge in [0.05, 0.1) is 26.7 Å². The van der Waals surface area contributed by atoms with Crippen LogP contribution in [0.25, 0.3) is 0 Å². The molecule has 0 atom stereocenters. The molecule has 0 saturated heterocycles. The number of nitrogens with two attached hydrogens (primary N) is 3. The van der Waals surface area contributed by atoms with Crippen LogP contribution < -0.4 is 47.4 Å². The Labute approximate surface area is 570 Å². The molecule has 0 bridgehead atoms. The Morgan fingerprint density at radius 2 is 0.948 bits per heavy atom. The predicted molar refractivity (Wildman–Crippen MR) is 369 cm³/mol. The largest absolute Gasteiger partial charge is 0.496 e. The van der Waals surface area contributed by atoms with Crippen LogP contribution in [0.2, 0.25) is 0 Å². The summed E-state index contributed by atoms with van der Waals surface area (Å²) in [5.41, 5.74) is 28.9. The summed E-state index contributed by atoms with van der Waals surface area (Å²) in [4.78, 5) is 58.9. The molecular weight excluding hydrogens is 1310 g/mol. The molecule has 0 spiro atoms. The molecule has 9 rings (SSSR count). The maximum Gasteiger partial charge on any atom is 0.327 e. The first kappa shape index (κ1) is 75.4. The topological polar surface area (TPSA) is 453 Å². The summed E-state index contributed by atoms with van der Waals surface area (Å²) >= 11 is 2.96. The molecule has 0 fully saturated rings. The average molecular weight is 1400 g/mol. The molecule has 0 unspecified atom stereocenters. The van der Waals surface area contributed by atoms with Gasteiger partial charge in [0.2, 0.25) is 17.8 Å². The number of hydrogen-bond acceptors (Lipinski definition) is 27. The lowest BCUT2D eigenvalue weighted by molar-refractivity contribution is -0.139. The molecule has 9 aromatic rings. The second kappa shape index (κ2) is 38.7. The number of Topliss-reactive ketones (excluding diaryl/α,β-unsaturated/α-hetero) is 1. The first-order valence-electron chi connectivity index (χ1n) is 31.5. The van der Waals surface area contributed by atoms with E-state index in [9.17, 15) is 14.4 Å². The minimum absolute atomic E-state index is 0.171. The van der Waals surface area contributed by atoms with Gasteiger partial charge in [0.15, 0.2) is 24.0 Å². The number of alkyl halides is 1. The molecule has 0 aliphatic heterocycles. The summed E-state index contributed by atoms with van der Waals surface area (Å²) in [5.74, 6) is 4.97. The van der Waals surface area contributed by atoms with Gasteiger partial charge in [-0.3, -0.25) is 14.4 Å². The van der Waals surface area contributed by atoms with E-state index >= 15 is 0 Å². The summed E-state index contributed by atoms with van der Waals surface area (Å²) in [7, 11) is 4.92. The van der Waals surface area contributed by atoms with E-state index in [2.05, 4.69) is 140 Å². The summed E-state index contributed by atoms with van der Waals surface area (Å²) in [6.07, 6.45) is 9.46. The van der Waals surface area contributed by atoms with Crippen molar-refractivity contribution in [2.24, 2.45) is 0 Å². The fourth-order valence-electron chi connectivity index (χ4n) is 9.83. The number of methoxy groups -OCH3 is 3. The molecule has 32 nitrogen and oxygen atoms in total. The number of anilines is 6. The number of ketones is 1. The minimum atomic E-state index is -1.02. The van der Waals surface area contributed by atoms with E-state index in [4.69, 9.17) is 41.6 Å². The number of carbonyl (C=O) groups is 3. The van der Waals surface area contributed by atoms with E-state index in [1.54, 1.807) is 21.3 Å². The van der Waals surface area contributed by atoms with Crippen LogP contribution in [-0.4, -0.2) is 165 Å². The van der Waals surface area contributed by atoms with E-state index in [1.165, 1.54) is 11.6 Å². The number of carbonyl (C=O) groups excluding carboxylic acids is 1. The molecule has 6 heterocycles. The van der Waals surface area contributed by atoms with Crippen molar-refractivity contribution in [1.82, 2.24) is 90.9 Å². The molecule has 0 radical (unpaired) electrons. The van der Waals surface area contributed by atoms with E-state index in [0.717, 1.165) is 165 Å². The van der Waals surface area contributed by atoms with Gasteiger partial charge in [-0.2, -0.15) is 25.0 Å². The van der Waals surface area contributed by atoms with Crippen LogP contribution in [0.1, 0.15) is 151 Å². The number of aryl methyl sites for hydroxylation is 3. The number of nitrogen functional groups attached to an aromatic ring is 3. The van der Waals surface area contributed by atoms with Gasteiger partial charge in [-0.15, -0.1) is 25.5 Å². The number of halogens is 1. The van der Waals surface area contributed by atoms with Crippen LogP contribution in [0.15, 0.2) is 54.6 Å². The zero-order chi connectivity index (χ0) is 70.4. The third-order valence-electron chi connectivity index (χ3n) is 14.6. The maximum atomic E-state index is 11.0. The van der Waals surface area contributed by atoms with Crippen molar-refractivity contribution in [3.63, 3.8) is 0 Å². The Bertz CT molecular complexity index is 4000. The Balaban J connectivity index is 0.000000222. The number of hydrogen-bond donors (Lipinski definition) is 9. The number of aliphatic carboxylic acids is 2. The van der Waals surface area contributed by atoms with Crippen molar-refractivity contribution < 1.29 is 38.8 Å². The van der Waals surface area contributed by atoms with E-state index < -0.39 is 11.9 Å². The lowest BCUT2D eigenvalue weighted by Gasteiger charge is -2.16. The Hall–Kier alpha value is -10.6. The van der Waals surface area contributed by atoms with Crippen LogP contribution >= 0.6 is 15.9 Å². The normalized spacial score (nSPS) is 10.7. The smallest absolute Gasteiger partial charge is 0.327 e. The minimum Gasteiger partial charge on any atom is -0.496 e. The first-order chi connectivity index (χ1) is 46.7. The molecule has 97 heavy (non-hydrogen) atoms. The second-order valence-corrected chi connectivity index (χ2v) is 22.8. The molecule has 518 valence electrons. The van der Waals surface area contributed by atoms with Gasteiger partial charge >= 0.3 is 11.9 Å². The quantitative estimate of drug-likeness (QED) is 0.0152. The number of rotatable bonds is 32. The van der Waals surface area contributed by atoms with Gasteiger partial charge in [-0.25, -0.2) is 19.6 Å². The van der Waals surface area contributed by atoms with Crippen molar-refractivity contribution in [1.29, 1.82) is 0 Å². The fourth-order valence-corrected chi connectivity index (χ4v) is 9.83. The number of nitrogens with zero attached hydrogens (tertiary/aromatic N) is 17. The second-order valence-electron chi connectivity index (χ2n) is 22.3. The third-order valence-corrected chi connectivity index (χ3v) is 15.4. The Morgan fingerprint density at radius 1 is 0.546 bits per heavy atom. The number of carboxylic acids is 2. The number of nitrogens with one attached hydrogen (secondary N) is 4. The number of aromatic amines is 1. The van der Waals surface area contributed by atoms with E-state index in [1.807, 2.05) is 69.3 Å². The van der Waals surface area contributed by atoms with Gasteiger partial charge in [-0.05, 0) is 114 Å². The Morgan fingerprint density at radius 3 is 1.31 bits per heavy atom. The number of H-pyrrole nitrogens is 1. The highest BCUT2D eigenvalue weighted by atomic mass is 79.9. The summed E-state index contributed by atoms with van der Waals surface area (Å²) < 4.78 is 18.0. The molecule has 6 aromatic heterocycles. The van der Waals surface area contributed by atoms with Crippen molar-refractivity contribution in [2.75, 3.05) is 79.4 Å². The van der Waals surface area contributed by atoms with Crippen LogP contribution in [0, 0.1) is 20.8 Å². The van der Waals surface area contributed by atoms with Gasteiger partial charge in [0.25, 0.3) is 0 Å². The molecule has 0 amide bonds. The number of benzene rings is 3. The van der Waals surface area contributed by atoms with Crippen LogP contribution in [0.4, 0.5) is 35.3 Å². The van der Waals surface area contributed by atoms with Gasteiger partial charge in [0, 0.05) is 91.9 Å². The van der Waals surface area contributed by atoms with Crippen molar-refractivity contribution in [2.45, 2.75) is 139 Å². The summed E-state index contributed by atoms with van der Waals surface area (Å²) in [6.45, 7) is 15.6. The highest BCUT2D eigenvalue weighted by molar-refractivity contribution is 9.09. The molecule has 12 N–H and O–H groups in total. The highest BCUT2D eigenvalue weighted by Crippen LogP contribution is 2.32. The molecule has 33 heteroatoms. The Kier molecular flexibility index (Phi) is 30.1. The van der Waals surface area contributed by atoms with Gasteiger partial charge in [-0.1, -0.05) is 97.6 Å². The lowest BCUT2D eigenvalue weighted by atomic mass is 9.99. The highest BCUT2D eigenvalue weighted by Gasteiger charge is 2.20. The maximum absolute atomic E-state index is 11.0. The first-order valence-corrected chi connectivity index (χ1v) is 32.6. The number of aromatic nitrogens is 18. The summed E-state index contributed by atoms with van der Waals surface area (Å²) in [5, 5.41) is 65.8. The number of tetrazole rings is 3. The van der Waals surface area contributed by atoms with Crippen molar-refractivity contribution >= 4 is 69.0 Å². The van der Waals surface area contributed by atoms with Crippen LogP contribution in [0.5, 0.6) is 17.2 Å². The molecule has 0 saturated carbocycles. The fraction of sp³-hybridized carbons (Fsp3) is 0.438. The van der Waals surface area contributed by atoms with Gasteiger partial charge in [0.1, 0.15) is 47.0 Å². The van der Waals surface area contributed by atoms with Crippen LogP contribution in [-0.2, 0) is 66.0 Å². The number of unbranched alkanes of at least 4 members (excludes halogenated alkanes) is 3. The van der Waals surface area contributed by atoms with Crippen LogP contribution in [0.3, 0.4) is 0 Å². The SMILES string of the molecule is CC(=O)CBr.CCCCNc1nc(N)nc(C)c1Cc1cc(Cc2nn[nH]n2)ccc1OC.CCCCNc1nc(N)nc(C)c1Cc1cc(Cc2nnn(CC(=O)O)n2)ccc1OC.CCCCNc1nc(N)nc(C)c1Cc1cc(Cc2nnnn2CC(=O)O)ccc1OC. The predicted octanol–water partition coefficient (Wildman–Crippen LogP) is 6.93. The standard InChI is InChI=1S/2C21H28N8O3.C19H26N8O.C3H5BrO/c1-4-5-8-23-20-16(13(2)24-21(22)25-20)11-15-9-14(6-7-17(15)32-3)10-18-26-27-28-29(18)12-19(30)31;1-4-5-8-23-20-16(13(2)24-21(22)25-20)11-15-9-14(6-7-17(15)32-3)10-18-26-28-29(27-18)12-19(30)31;1-4-5-8-21-18-15(12(2)22-19(20)23-18)11-14-9-13(6-7-16(14)28-3)10-17-24-26-27-25-17;1-3(5)2-4/h2*6-7,9H,4-5,8,10-12H2,1-3H3,(H,30,31)(H3,22,23,24,25);6-7,9H,4-5,8,10-11H2,1-3H3,(H3,20,21,22,23)(H,24,25,26,27);2H2,1H3. The average Bonchev–Trinajstić information content (AvgIpc) is 1.50. The molecule has 0 aliphatic carbocycles. The zero-order valence-electron chi connectivity index (χ0n) is 56.5. The van der Waals surface area contributed by atoms with E-state index in [-0.39, 0.29) is 36.7 Å². The van der Waals surface area contributed by atoms with E-state index in [0.29, 0.717) is 61.3 Å². The van der Waals surface area contributed by atoms with Gasteiger partial charge < -0.3 is 57.6 Å². The molecule has 3 aromatic carbocycles. The number of ether oxygens (including phenoxy) is 3. The third kappa shape index (κ3) is 24.0. The summed E-state index contributed by atoms with van der Waals surface area (Å²) in [6, 6.07) is 17.7. The van der Waals surface area contributed by atoms with Crippen molar-refractivity contribution in [3.05, 3.63) is 139 Å². The van der Waals surface area contributed by atoms with Crippen molar-refractivity contribution in [3.8, 4) is 17.2 Å². The monoisotopic (exact) mass is 1400 g/mol. The zero-order valence-corrected chi connectivity index (χ0v) is 58.1.